The summed E-state index contributed by atoms with van der Waals surface area (Å²) in [6.07, 6.45) is 0. The van der Waals surface area contributed by atoms with Gasteiger partial charge in [0.05, 0.1) is 16.5 Å². The maximum absolute atomic E-state index is 13.1. The van der Waals surface area contributed by atoms with E-state index >= 15 is 0 Å². The van der Waals surface area contributed by atoms with Crippen LogP contribution >= 0.6 is 11.6 Å². The summed E-state index contributed by atoms with van der Waals surface area (Å²) >= 11 is 6.00. The molecule has 0 heterocycles. The number of nitrogens with zero attached hydrogens (tertiary/aromatic N) is 2. The first-order valence-electron chi connectivity index (χ1n) is 9.07. The van der Waals surface area contributed by atoms with Crippen molar-refractivity contribution in [3.8, 4) is 17.6 Å². The average Bonchev–Trinajstić information content (AvgIpc) is 2.75. The molecule has 0 saturated heterocycles. The van der Waals surface area contributed by atoms with Crippen LogP contribution in [0.5, 0.6) is 11.5 Å². The van der Waals surface area contributed by atoms with Gasteiger partial charge in [0.15, 0.2) is 0 Å². The number of hydrogen-bond acceptors (Lipinski definition) is 5. The highest BCUT2D eigenvalue weighted by molar-refractivity contribution is 7.89. The van der Waals surface area contributed by atoms with Crippen LogP contribution in [0.3, 0.4) is 0 Å². The zero-order valence-electron chi connectivity index (χ0n) is 15.9. The number of halogens is 1. The molecule has 0 saturated carbocycles. The first-order chi connectivity index (χ1) is 14.5. The summed E-state index contributed by atoms with van der Waals surface area (Å²) in [7, 11) is -3.83. The van der Waals surface area contributed by atoms with E-state index in [1.54, 1.807) is 18.2 Å². The zero-order valence-corrected chi connectivity index (χ0v) is 17.5. The van der Waals surface area contributed by atoms with Gasteiger partial charge >= 0.3 is 0 Å². The fourth-order valence-corrected chi connectivity index (χ4v) is 4.46. The SMILES string of the molecule is N#Cc1c(Cl)cccc1Oc1ccc(S(=O)(=O)N(CCO)Cc2ccccc2)cc1. The highest BCUT2D eigenvalue weighted by Gasteiger charge is 2.24. The third kappa shape index (κ3) is 4.99. The van der Waals surface area contributed by atoms with E-state index in [0.717, 1.165) is 5.56 Å². The lowest BCUT2D eigenvalue weighted by atomic mass is 10.2. The van der Waals surface area contributed by atoms with E-state index in [4.69, 9.17) is 16.3 Å². The van der Waals surface area contributed by atoms with Crippen LogP contribution in [0.25, 0.3) is 0 Å². The predicted molar refractivity (Wildman–Crippen MR) is 114 cm³/mol. The van der Waals surface area contributed by atoms with Crippen molar-refractivity contribution in [3.05, 3.63) is 88.9 Å². The second-order valence-electron chi connectivity index (χ2n) is 6.35. The second kappa shape index (κ2) is 9.74. The maximum atomic E-state index is 13.1. The van der Waals surface area contributed by atoms with Gasteiger partial charge in [-0.3, -0.25) is 0 Å². The molecule has 0 aliphatic carbocycles. The number of aliphatic hydroxyl groups is 1. The summed E-state index contributed by atoms with van der Waals surface area (Å²) < 4.78 is 33.0. The van der Waals surface area contributed by atoms with Crippen LogP contribution in [-0.2, 0) is 16.6 Å². The molecular weight excluding hydrogens is 424 g/mol. The lowest BCUT2D eigenvalue weighted by molar-refractivity contribution is 0.251. The number of benzene rings is 3. The molecule has 0 atom stereocenters. The van der Waals surface area contributed by atoms with E-state index in [2.05, 4.69) is 0 Å². The molecule has 3 aromatic carbocycles. The first-order valence-corrected chi connectivity index (χ1v) is 10.9. The van der Waals surface area contributed by atoms with Crippen LogP contribution in [0.15, 0.2) is 77.7 Å². The van der Waals surface area contributed by atoms with E-state index in [0.29, 0.717) is 5.75 Å². The summed E-state index contributed by atoms with van der Waals surface area (Å²) in [5, 5.41) is 18.9. The number of aliphatic hydroxyl groups excluding tert-OH is 1. The summed E-state index contributed by atoms with van der Waals surface area (Å²) in [5.74, 6) is 0.649. The van der Waals surface area contributed by atoms with Gasteiger partial charge in [-0.15, -0.1) is 0 Å². The van der Waals surface area contributed by atoms with E-state index in [-0.39, 0.29) is 40.9 Å². The van der Waals surface area contributed by atoms with Gasteiger partial charge in [0, 0.05) is 13.1 Å². The standard InChI is InChI=1S/C22H19ClN2O4S/c23-21-7-4-8-22(20(21)15-24)29-18-9-11-19(12-10-18)30(27,28)25(13-14-26)16-17-5-2-1-3-6-17/h1-12,26H,13-14,16H2. The second-order valence-corrected chi connectivity index (χ2v) is 8.69. The van der Waals surface area contributed by atoms with Crippen molar-refractivity contribution in [1.29, 1.82) is 5.26 Å². The third-order valence-corrected chi connectivity index (χ3v) is 6.50. The predicted octanol–water partition coefficient (Wildman–Crippen LogP) is 4.19. The van der Waals surface area contributed by atoms with Crippen LogP contribution in [0, 0.1) is 11.3 Å². The molecule has 6 nitrogen and oxygen atoms in total. The molecule has 30 heavy (non-hydrogen) atoms. The van der Waals surface area contributed by atoms with Gasteiger partial charge in [0.2, 0.25) is 10.0 Å². The van der Waals surface area contributed by atoms with Crippen LogP contribution < -0.4 is 4.74 Å². The molecule has 3 rings (SSSR count). The lowest BCUT2D eigenvalue weighted by Crippen LogP contribution is -2.33. The van der Waals surface area contributed by atoms with Crippen molar-refractivity contribution >= 4 is 21.6 Å². The molecule has 3 aromatic rings. The van der Waals surface area contributed by atoms with Gasteiger partial charge in [-0.1, -0.05) is 48.0 Å². The van der Waals surface area contributed by atoms with Crippen LogP contribution in [0.4, 0.5) is 0 Å². The molecule has 0 radical (unpaired) electrons. The normalized spacial score (nSPS) is 11.3. The lowest BCUT2D eigenvalue weighted by Gasteiger charge is -2.21. The molecule has 0 unspecified atom stereocenters. The number of ether oxygens (including phenoxy) is 1. The molecule has 154 valence electrons. The Balaban J connectivity index is 1.83. The Labute approximate surface area is 180 Å². The summed E-state index contributed by atoms with van der Waals surface area (Å²) in [6.45, 7) is -0.168. The van der Waals surface area contributed by atoms with Crippen molar-refractivity contribution in [2.45, 2.75) is 11.4 Å². The third-order valence-electron chi connectivity index (χ3n) is 4.33. The Bertz CT molecular complexity index is 1140. The Morgan fingerprint density at radius 1 is 1.00 bits per heavy atom. The molecule has 1 N–H and O–H groups in total. The van der Waals surface area contributed by atoms with Crippen molar-refractivity contribution in [1.82, 2.24) is 4.31 Å². The van der Waals surface area contributed by atoms with Crippen LogP contribution in [0.2, 0.25) is 5.02 Å². The molecular formula is C22H19ClN2O4S. The fourth-order valence-electron chi connectivity index (χ4n) is 2.84. The van der Waals surface area contributed by atoms with E-state index in [9.17, 15) is 18.8 Å². The van der Waals surface area contributed by atoms with Gasteiger partial charge in [0.1, 0.15) is 23.1 Å². The fraction of sp³-hybridized carbons (Fsp3) is 0.136. The number of hydrogen-bond donors (Lipinski definition) is 1. The monoisotopic (exact) mass is 442 g/mol. The minimum atomic E-state index is -3.83. The Kier molecular flexibility index (Phi) is 7.08. The van der Waals surface area contributed by atoms with Crippen molar-refractivity contribution in [2.75, 3.05) is 13.2 Å². The van der Waals surface area contributed by atoms with Gasteiger partial charge in [-0.05, 0) is 42.0 Å². The largest absolute Gasteiger partial charge is 0.456 e. The summed E-state index contributed by atoms with van der Waals surface area (Å²) in [6, 6.07) is 21.9. The number of sulfonamides is 1. The Morgan fingerprint density at radius 3 is 2.33 bits per heavy atom. The van der Waals surface area contributed by atoms with Gasteiger partial charge in [-0.2, -0.15) is 9.57 Å². The van der Waals surface area contributed by atoms with Gasteiger partial charge < -0.3 is 9.84 Å². The minimum absolute atomic E-state index is 0.0243. The Hall–Kier alpha value is -2.89. The molecule has 0 fully saturated rings. The van der Waals surface area contributed by atoms with E-state index < -0.39 is 10.0 Å². The highest BCUT2D eigenvalue weighted by Crippen LogP contribution is 2.30. The topological polar surface area (TPSA) is 90.6 Å². The van der Waals surface area contributed by atoms with E-state index in [1.165, 1.54) is 28.6 Å². The molecule has 0 bridgehead atoms. The van der Waals surface area contributed by atoms with Gasteiger partial charge in [0.25, 0.3) is 0 Å². The number of nitriles is 1. The van der Waals surface area contributed by atoms with Gasteiger partial charge in [-0.25, -0.2) is 8.42 Å². The summed E-state index contributed by atoms with van der Waals surface area (Å²) in [5.41, 5.74) is 1.02. The smallest absolute Gasteiger partial charge is 0.243 e. The molecule has 0 spiro atoms. The quantitative estimate of drug-likeness (QED) is 0.565. The average molecular weight is 443 g/mol. The van der Waals surface area contributed by atoms with Crippen molar-refractivity contribution < 1.29 is 18.3 Å². The highest BCUT2D eigenvalue weighted by atomic mass is 35.5. The van der Waals surface area contributed by atoms with Crippen LogP contribution in [0.1, 0.15) is 11.1 Å². The Morgan fingerprint density at radius 2 is 1.70 bits per heavy atom. The molecule has 0 aromatic heterocycles. The molecule has 0 amide bonds. The van der Waals surface area contributed by atoms with E-state index in [1.807, 2.05) is 36.4 Å². The molecule has 8 heteroatoms. The summed E-state index contributed by atoms with van der Waals surface area (Å²) in [4.78, 5) is 0.0748. The van der Waals surface area contributed by atoms with Crippen molar-refractivity contribution in [3.63, 3.8) is 0 Å². The number of rotatable bonds is 8. The first kappa shape index (κ1) is 21.8. The minimum Gasteiger partial charge on any atom is -0.456 e. The maximum Gasteiger partial charge on any atom is 0.243 e. The zero-order chi connectivity index (χ0) is 21.6. The molecule has 0 aliphatic heterocycles. The van der Waals surface area contributed by atoms with Crippen LogP contribution in [-0.4, -0.2) is 31.0 Å². The van der Waals surface area contributed by atoms with Crippen molar-refractivity contribution in [2.24, 2.45) is 0 Å². The molecule has 0 aliphatic rings.